The predicted octanol–water partition coefficient (Wildman–Crippen LogP) is 2.04. The van der Waals surface area contributed by atoms with Gasteiger partial charge in [0.1, 0.15) is 0 Å². The molecule has 1 rings (SSSR count). The molecule has 0 atom stereocenters. The molecule has 16 heavy (non-hydrogen) atoms. The van der Waals surface area contributed by atoms with Crippen molar-refractivity contribution in [3.8, 4) is 0 Å². The third kappa shape index (κ3) is 2.98. The van der Waals surface area contributed by atoms with E-state index < -0.39 is 11.4 Å². The van der Waals surface area contributed by atoms with Crippen molar-refractivity contribution in [2.24, 2.45) is 5.41 Å². The molecule has 4 heteroatoms. The Bertz CT molecular complexity index is 270. The summed E-state index contributed by atoms with van der Waals surface area (Å²) in [4.78, 5) is 11.2. The van der Waals surface area contributed by atoms with Crippen LogP contribution in [-0.4, -0.2) is 17.6 Å². The number of aliphatic carboxylic acids is 1. The van der Waals surface area contributed by atoms with E-state index in [1.807, 2.05) is 13.1 Å². The van der Waals surface area contributed by atoms with Gasteiger partial charge in [0, 0.05) is 12.7 Å². The van der Waals surface area contributed by atoms with Crippen molar-refractivity contribution in [3.05, 3.63) is 11.8 Å². The van der Waals surface area contributed by atoms with Gasteiger partial charge in [0.05, 0.1) is 5.41 Å². The highest BCUT2D eigenvalue weighted by Crippen LogP contribution is 2.53. The van der Waals surface area contributed by atoms with Gasteiger partial charge in [-0.05, 0) is 31.3 Å². The van der Waals surface area contributed by atoms with Gasteiger partial charge in [-0.2, -0.15) is 0 Å². The standard InChI is InChI=1S/C12H22N2O2/c1-3-5-6-10(9-14-13-4-2)12(7-8-12)11(15)16/h9,13-14H,3-8H2,1-2H3,(H,15,16)/b10-9+. The Morgan fingerprint density at radius 2 is 2.12 bits per heavy atom. The smallest absolute Gasteiger partial charge is 0.313 e. The van der Waals surface area contributed by atoms with Gasteiger partial charge in [0.2, 0.25) is 0 Å². The number of unbranched alkanes of at least 4 members (excludes halogenated alkanes) is 1. The lowest BCUT2D eigenvalue weighted by atomic mass is 9.92. The normalized spacial score (nSPS) is 18.2. The highest BCUT2D eigenvalue weighted by Gasteiger charge is 2.52. The van der Waals surface area contributed by atoms with E-state index >= 15 is 0 Å². The summed E-state index contributed by atoms with van der Waals surface area (Å²) in [5, 5.41) is 9.24. The van der Waals surface area contributed by atoms with Crippen LogP contribution in [-0.2, 0) is 4.79 Å². The van der Waals surface area contributed by atoms with Crippen molar-refractivity contribution in [1.82, 2.24) is 10.9 Å². The van der Waals surface area contributed by atoms with E-state index in [4.69, 9.17) is 0 Å². The molecular formula is C12H22N2O2. The summed E-state index contributed by atoms with van der Waals surface area (Å²) in [5.41, 5.74) is 6.42. The molecule has 0 amide bonds. The summed E-state index contributed by atoms with van der Waals surface area (Å²) in [6, 6.07) is 0. The zero-order valence-corrected chi connectivity index (χ0v) is 10.2. The molecule has 1 aliphatic rings. The summed E-state index contributed by atoms with van der Waals surface area (Å²) in [6.07, 6.45) is 6.43. The Hall–Kier alpha value is -1.03. The van der Waals surface area contributed by atoms with Crippen molar-refractivity contribution in [1.29, 1.82) is 0 Å². The second-order valence-electron chi connectivity index (χ2n) is 4.34. The molecule has 0 aliphatic heterocycles. The maximum atomic E-state index is 11.2. The largest absolute Gasteiger partial charge is 0.481 e. The van der Waals surface area contributed by atoms with E-state index in [2.05, 4.69) is 17.8 Å². The first kappa shape index (κ1) is 13.0. The van der Waals surface area contributed by atoms with Crippen molar-refractivity contribution in [2.45, 2.75) is 46.0 Å². The van der Waals surface area contributed by atoms with Crippen molar-refractivity contribution >= 4 is 5.97 Å². The first-order valence-electron chi connectivity index (χ1n) is 6.08. The summed E-state index contributed by atoms with van der Waals surface area (Å²) < 4.78 is 0. The molecule has 0 spiro atoms. The van der Waals surface area contributed by atoms with E-state index in [1.54, 1.807) is 0 Å². The van der Waals surface area contributed by atoms with Crippen LogP contribution >= 0.6 is 0 Å². The van der Waals surface area contributed by atoms with Gasteiger partial charge in [-0.15, -0.1) is 0 Å². The Morgan fingerprint density at radius 3 is 2.56 bits per heavy atom. The molecule has 4 nitrogen and oxygen atoms in total. The maximum absolute atomic E-state index is 11.2. The topological polar surface area (TPSA) is 61.4 Å². The van der Waals surface area contributed by atoms with Gasteiger partial charge >= 0.3 is 5.97 Å². The number of hydrogen-bond donors (Lipinski definition) is 3. The molecule has 0 unspecified atom stereocenters. The highest BCUT2D eigenvalue weighted by atomic mass is 16.4. The average molecular weight is 226 g/mol. The summed E-state index contributed by atoms with van der Waals surface area (Å²) in [6.45, 7) is 4.93. The Labute approximate surface area is 97.1 Å². The molecule has 3 N–H and O–H groups in total. The van der Waals surface area contributed by atoms with E-state index in [0.29, 0.717) is 0 Å². The molecule has 0 aromatic heterocycles. The van der Waals surface area contributed by atoms with E-state index in [1.165, 1.54) is 0 Å². The average Bonchev–Trinajstić information content (AvgIpc) is 3.04. The fourth-order valence-electron chi connectivity index (χ4n) is 1.85. The summed E-state index contributed by atoms with van der Waals surface area (Å²) in [5.74, 6) is -0.673. The fraction of sp³-hybridized carbons (Fsp3) is 0.750. The number of hydrazine groups is 1. The van der Waals surface area contributed by atoms with Crippen LogP contribution in [0, 0.1) is 5.41 Å². The molecule has 1 aliphatic carbocycles. The van der Waals surface area contributed by atoms with Crippen LogP contribution in [0.25, 0.3) is 0 Å². The molecule has 1 saturated carbocycles. The van der Waals surface area contributed by atoms with Crippen LogP contribution in [0.3, 0.4) is 0 Å². The minimum absolute atomic E-state index is 0.558. The van der Waals surface area contributed by atoms with E-state index in [-0.39, 0.29) is 0 Å². The molecular weight excluding hydrogens is 204 g/mol. The highest BCUT2D eigenvalue weighted by molar-refractivity contribution is 5.81. The minimum atomic E-state index is -0.673. The van der Waals surface area contributed by atoms with Gasteiger partial charge < -0.3 is 10.5 Å². The van der Waals surface area contributed by atoms with Gasteiger partial charge in [-0.3, -0.25) is 4.79 Å². The summed E-state index contributed by atoms with van der Waals surface area (Å²) >= 11 is 0. The molecule has 0 saturated heterocycles. The zero-order valence-electron chi connectivity index (χ0n) is 10.2. The number of carboxylic acid groups (broad SMARTS) is 1. The van der Waals surface area contributed by atoms with Crippen LogP contribution in [0.2, 0.25) is 0 Å². The lowest BCUT2D eigenvalue weighted by Crippen LogP contribution is -2.28. The van der Waals surface area contributed by atoms with Gasteiger partial charge in [0.25, 0.3) is 0 Å². The second-order valence-corrected chi connectivity index (χ2v) is 4.34. The number of carboxylic acids is 1. The van der Waals surface area contributed by atoms with Crippen molar-refractivity contribution in [3.63, 3.8) is 0 Å². The molecule has 0 radical (unpaired) electrons. The van der Waals surface area contributed by atoms with Gasteiger partial charge in [-0.25, -0.2) is 5.43 Å². The Balaban J connectivity index is 2.63. The maximum Gasteiger partial charge on any atom is 0.313 e. The lowest BCUT2D eigenvalue weighted by Gasteiger charge is -2.15. The molecule has 0 aromatic rings. The molecule has 92 valence electrons. The monoisotopic (exact) mass is 226 g/mol. The second kappa shape index (κ2) is 5.89. The number of nitrogens with one attached hydrogen (secondary N) is 2. The first-order valence-corrected chi connectivity index (χ1v) is 6.08. The van der Waals surface area contributed by atoms with Crippen LogP contribution in [0.5, 0.6) is 0 Å². The van der Waals surface area contributed by atoms with E-state index in [9.17, 15) is 9.90 Å². The quantitative estimate of drug-likeness (QED) is 0.438. The molecule has 0 aromatic carbocycles. The fourth-order valence-corrected chi connectivity index (χ4v) is 1.85. The Morgan fingerprint density at radius 1 is 1.44 bits per heavy atom. The van der Waals surface area contributed by atoms with Crippen molar-refractivity contribution < 1.29 is 9.90 Å². The van der Waals surface area contributed by atoms with Crippen LogP contribution < -0.4 is 10.9 Å². The van der Waals surface area contributed by atoms with Crippen molar-refractivity contribution in [2.75, 3.05) is 6.54 Å². The van der Waals surface area contributed by atoms with Gasteiger partial charge in [0.15, 0.2) is 0 Å². The molecule has 1 fully saturated rings. The zero-order chi connectivity index (χ0) is 12.0. The number of hydrogen-bond acceptors (Lipinski definition) is 3. The van der Waals surface area contributed by atoms with Crippen LogP contribution in [0.1, 0.15) is 46.0 Å². The van der Waals surface area contributed by atoms with E-state index in [0.717, 1.165) is 44.2 Å². The molecule has 0 heterocycles. The third-order valence-corrected chi connectivity index (χ3v) is 3.10. The SMILES string of the molecule is CCCC/C(=C\NNCC)C1(C(=O)O)CC1. The number of carbonyl (C=O) groups is 1. The van der Waals surface area contributed by atoms with Crippen LogP contribution in [0.4, 0.5) is 0 Å². The third-order valence-electron chi connectivity index (χ3n) is 3.10. The summed E-state index contributed by atoms with van der Waals surface area (Å²) in [7, 11) is 0. The number of rotatable bonds is 8. The first-order chi connectivity index (χ1) is 7.67. The minimum Gasteiger partial charge on any atom is -0.481 e. The Kier molecular flexibility index (Phi) is 4.80. The predicted molar refractivity (Wildman–Crippen MR) is 63.7 cm³/mol. The molecule has 0 bridgehead atoms. The van der Waals surface area contributed by atoms with Gasteiger partial charge in [-0.1, -0.05) is 20.3 Å². The van der Waals surface area contributed by atoms with Crippen LogP contribution in [0.15, 0.2) is 11.8 Å². The lowest BCUT2D eigenvalue weighted by molar-refractivity contribution is -0.141.